The lowest BCUT2D eigenvalue weighted by Crippen LogP contribution is -2.57. The smallest absolute Gasteiger partial charge is 0.410 e. The molecule has 0 spiro atoms. The van der Waals surface area contributed by atoms with Crippen molar-refractivity contribution < 1.29 is 27.8 Å². The van der Waals surface area contributed by atoms with Gasteiger partial charge in [0.15, 0.2) is 5.82 Å². The van der Waals surface area contributed by atoms with Crippen molar-refractivity contribution in [2.24, 2.45) is 5.92 Å². The lowest BCUT2D eigenvalue weighted by molar-refractivity contribution is -0.0229. The molecule has 0 aliphatic carbocycles. The summed E-state index contributed by atoms with van der Waals surface area (Å²) in [6.45, 7) is 15.4. The van der Waals surface area contributed by atoms with Gasteiger partial charge in [0.05, 0.1) is 37.5 Å². The van der Waals surface area contributed by atoms with E-state index in [-0.39, 0.29) is 46.6 Å². The summed E-state index contributed by atoms with van der Waals surface area (Å²) < 4.78 is 51.7. The Morgan fingerprint density at radius 1 is 1.00 bits per heavy atom. The van der Waals surface area contributed by atoms with Gasteiger partial charge in [0, 0.05) is 43.0 Å². The van der Waals surface area contributed by atoms with E-state index in [1.165, 1.54) is 6.07 Å². The number of anilines is 1. The average molecular weight is 728 g/mol. The Hall–Kier alpha value is -4.09. The fourth-order valence-corrected chi connectivity index (χ4v) is 9.19. The lowest BCUT2D eigenvalue weighted by atomic mass is 9.91. The molecule has 1 amide bonds. The van der Waals surface area contributed by atoms with Crippen LogP contribution in [0, 0.1) is 24.5 Å². The molecule has 4 aliphatic rings. The summed E-state index contributed by atoms with van der Waals surface area (Å²) in [5.41, 5.74) is 1.74. The van der Waals surface area contributed by atoms with Crippen LogP contribution in [0.2, 0.25) is 0 Å². The zero-order valence-electron chi connectivity index (χ0n) is 31.8. The third-order valence-electron chi connectivity index (χ3n) is 11.5. The Morgan fingerprint density at radius 3 is 2.38 bits per heavy atom. The number of carbonyl (C=O) groups is 1. The number of aryl methyl sites for hydroxylation is 2. The first-order chi connectivity index (χ1) is 25.4. The van der Waals surface area contributed by atoms with Gasteiger partial charge < -0.3 is 19.1 Å². The maximum atomic E-state index is 17.2. The van der Waals surface area contributed by atoms with Crippen molar-refractivity contribution in [1.29, 1.82) is 0 Å². The number of rotatable bonds is 8. The second-order valence-corrected chi connectivity index (χ2v) is 16.7. The van der Waals surface area contributed by atoms with Crippen molar-refractivity contribution in [3.8, 4) is 17.1 Å². The molecule has 4 bridgehead atoms. The minimum atomic E-state index is -0.736. The monoisotopic (exact) mass is 727 g/mol. The van der Waals surface area contributed by atoms with Crippen LogP contribution in [0.25, 0.3) is 32.8 Å². The van der Waals surface area contributed by atoms with Crippen LogP contribution in [0.3, 0.4) is 0 Å². The first kappa shape index (κ1) is 35.9. The number of halogens is 2. The number of morpholine rings is 1. The van der Waals surface area contributed by atoms with Gasteiger partial charge in [-0.3, -0.25) is 9.80 Å². The highest BCUT2D eigenvalue weighted by molar-refractivity contribution is 6.02. The molecule has 4 aliphatic heterocycles. The number of ether oxygens (including phenoxy) is 3. The summed E-state index contributed by atoms with van der Waals surface area (Å²) >= 11 is 0. The number of carbonyl (C=O) groups excluding carboxylic acids is 1. The summed E-state index contributed by atoms with van der Waals surface area (Å²) in [4.78, 5) is 29.3. The van der Waals surface area contributed by atoms with Crippen LogP contribution in [0.4, 0.5) is 19.4 Å². The van der Waals surface area contributed by atoms with Crippen molar-refractivity contribution in [2.75, 3.05) is 44.4 Å². The first-order valence-electron chi connectivity index (χ1n) is 19.3. The molecule has 11 heteroatoms. The van der Waals surface area contributed by atoms with E-state index in [2.05, 4.69) is 29.8 Å². The largest absolute Gasteiger partial charge is 0.463 e. The number of amides is 1. The molecule has 4 unspecified atom stereocenters. The number of aromatic nitrogens is 2. The van der Waals surface area contributed by atoms with Crippen LogP contribution >= 0.6 is 0 Å². The maximum absolute atomic E-state index is 17.2. The molecule has 53 heavy (non-hydrogen) atoms. The van der Waals surface area contributed by atoms with E-state index in [0.29, 0.717) is 43.2 Å². The Bertz CT molecular complexity index is 2020. The van der Waals surface area contributed by atoms with Crippen LogP contribution in [0.5, 0.6) is 6.01 Å². The minimum absolute atomic E-state index is 0.0193. The van der Waals surface area contributed by atoms with Gasteiger partial charge in [-0.25, -0.2) is 13.6 Å². The number of hydrogen-bond acceptors (Lipinski definition) is 8. The molecule has 8 rings (SSSR count). The first-order valence-corrected chi connectivity index (χ1v) is 19.3. The average Bonchev–Trinajstić information content (AvgIpc) is 3.48. The fourth-order valence-electron chi connectivity index (χ4n) is 9.19. The molecule has 4 saturated heterocycles. The molecule has 5 atom stereocenters. The molecule has 1 aromatic heterocycles. The van der Waals surface area contributed by atoms with E-state index in [4.69, 9.17) is 19.2 Å². The van der Waals surface area contributed by atoms with Crippen LogP contribution < -0.4 is 9.64 Å². The molecule has 282 valence electrons. The topological polar surface area (TPSA) is 80.3 Å². The molecule has 9 nitrogen and oxygen atoms in total. The van der Waals surface area contributed by atoms with Gasteiger partial charge in [0.25, 0.3) is 0 Å². The minimum Gasteiger partial charge on any atom is -0.463 e. The molecule has 4 aromatic rings. The highest BCUT2D eigenvalue weighted by atomic mass is 19.1. The highest BCUT2D eigenvalue weighted by Crippen LogP contribution is 2.42. The summed E-state index contributed by atoms with van der Waals surface area (Å²) in [5.74, 6) is -0.834. The van der Waals surface area contributed by atoms with Crippen LogP contribution in [0.15, 0.2) is 36.4 Å². The van der Waals surface area contributed by atoms with Gasteiger partial charge in [0.1, 0.15) is 22.8 Å². The number of nitrogens with zero attached hydrogens (tertiary/aromatic N) is 5. The summed E-state index contributed by atoms with van der Waals surface area (Å²) in [6.07, 6.45) is 4.29. The second-order valence-electron chi connectivity index (χ2n) is 16.7. The van der Waals surface area contributed by atoms with Crippen LogP contribution in [-0.4, -0.2) is 95.1 Å². The predicted octanol–water partition coefficient (Wildman–Crippen LogP) is 8.07. The van der Waals surface area contributed by atoms with Gasteiger partial charge in [-0.2, -0.15) is 9.97 Å². The predicted molar refractivity (Wildman–Crippen MR) is 203 cm³/mol. The molecule has 0 saturated carbocycles. The molecular formula is C42H51F2N5O4. The van der Waals surface area contributed by atoms with Crippen LogP contribution in [0.1, 0.15) is 71.4 Å². The fraction of sp³-hybridized carbons (Fsp3) is 0.548. The van der Waals surface area contributed by atoms with Gasteiger partial charge in [0.2, 0.25) is 0 Å². The highest BCUT2D eigenvalue weighted by Gasteiger charge is 2.45. The molecule has 4 fully saturated rings. The van der Waals surface area contributed by atoms with Gasteiger partial charge in [-0.05, 0) is 93.3 Å². The Labute approximate surface area is 310 Å². The Balaban J connectivity index is 1.18. The van der Waals surface area contributed by atoms with Gasteiger partial charge >= 0.3 is 12.1 Å². The molecule has 5 heterocycles. The van der Waals surface area contributed by atoms with E-state index in [1.54, 1.807) is 0 Å². The number of piperazine rings is 1. The van der Waals surface area contributed by atoms with Crippen LogP contribution in [-0.2, 0) is 15.9 Å². The number of fused-ring (bicyclic) bond motifs is 6. The van der Waals surface area contributed by atoms with E-state index < -0.39 is 17.2 Å². The quantitative estimate of drug-likeness (QED) is 0.180. The second kappa shape index (κ2) is 14.0. The van der Waals surface area contributed by atoms with Gasteiger partial charge in [-0.15, -0.1) is 0 Å². The SMILES string of the molecule is CCc1cccc2cc(C)cc(-c3c(F)cc4c(N5CC6CCC(C5)N6C(=O)OC(C)(C)C)nc(OC[C@H](C)CN5C6CCC5COC6)nc4c3F)c12. The third-order valence-corrected chi connectivity index (χ3v) is 11.5. The normalized spacial score (nSPS) is 23.6. The Kier molecular flexibility index (Phi) is 9.46. The standard InChI is InChI=1S/C42H51F2N5O4/c1-7-26-9-8-10-27-15-24(2)16-32(35(26)27)36-34(43)17-33-38(37(36)44)45-40(52-21-25(3)18-48-30-13-14-31(48)23-51-22-30)46-39(33)47-19-28-11-12-29(20-47)49(28)41(50)53-42(4,5)6/h8-10,15-17,25,28-31H,7,11-14,18-23H2,1-6H3/t25-,28?,29?,30?,31?/m1/s1. The molecule has 0 radical (unpaired) electrons. The summed E-state index contributed by atoms with van der Waals surface area (Å²) in [6, 6.07) is 12.0. The van der Waals surface area contributed by atoms with Crippen molar-refractivity contribution in [3.05, 3.63) is 59.2 Å². The number of hydrogen-bond donors (Lipinski definition) is 0. The number of benzene rings is 3. The van der Waals surface area contributed by atoms with Crippen molar-refractivity contribution in [2.45, 2.75) is 103 Å². The van der Waals surface area contributed by atoms with Crippen molar-refractivity contribution >= 4 is 33.6 Å². The molecular weight excluding hydrogens is 676 g/mol. The van der Waals surface area contributed by atoms with E-state index in [0.717, 1.165) is 73.8 Å². The van der Waals surface area contributed by atoms with E-state index >= 15 is 8.78 Å². The van der Waals surface area contributed by atoms with Crippen molar-refractivity contribution in [1.82, 2.24) is 19.8 Å². The van der Waals surface area contributed by atoms with Crippen molar-refractivity contribution in [3.63, 3.8) is 0 Å². The summed E-state index contributed by atoms with van der Waals surface area (Å²) in [5, 5.41) is 2.06. The van der Waals surface area contributed by atoms with Gasteiger partial charge in [-0.1, -0.05) is 44.2 Å². The van der Waals surface area contributed by atoms with E-state index in [9.17, 15) is 4.79 Å². The molecule has 0 N–H and O–H groups in total. The van der Waals surface area contributed by atoms with E-state index in [1.807, 2.05) is 61.8 Å². The zero-order valence-corrected chi connectivity index (χ0v) is 31.8. The maximum Gasteiger partial charge on any atom is 0.410 e. The summed E-state index contributed by atoms with van der Waals surface area (Å²) in [7, 11) is 0. The third kappa shape index (κ3) is 6.79. The zero-order chi connectivity index (χ0) is 37.2. The molecule has 3 aromatic carbocycles. The lowest BCUT2D eigenvalue weighted by Gasteiger charge is -2.42. The Morgan fingerprint density at radius 2 is 1.70 bits per heavy atom.